The van der Waals surface area contributed by atoms with Gasteiger partial charge in [0.15, 0.2) is 5.01 Å². The molecule has 29 heavy (non-hydrogen) atoms. The molecule has 0 spiro atoms. The Balaban J connectivity index is 1.44. The number of anilines is 4. The van der Waals surface area contributed by atoms with E-state index in [2.05, 4.69) is 30.9 Å². The third-order valence-corrected chi connectivity index (χ3v) is 5.13. The highest BCUT2D eigenvalue weighted by atomic mass is 32.1. The van der Waals surface area contributed by atoms with E-state index in [4.69, 9.17) is 0 Å². The van der Waals surface area contributed by atoms with Crippen molar-refractivity contribution in [2.45, 2.75) is 13.8 Å². The lowest BCUT2D eigenvalue weighted by molar-refractivity contribution is 0.102. The Morgan fingerprint density at radius 1 is 0.966 bits per heavy atom. The van der Waals surface area contributed by atoms with Gasteiger partial charge in [0.25, 0.3) is 5.91 Å². The molecule has 0 bridgehead atoms. The molecule has 8 heteroatoms. The molecule has 7 nitrogen and oxygen atoms in total. The first kappa shape index (κ1) is 18.8. The van der Waals surface area contributed by atoms with Gasteiger partial charge in [-0.25, -0.2) is 15.0 Å². The van der Waals surface area contributed by atoms with Gasteiger partial charge in [-0.3, -0.25) is 4.79 Å². The average molecular weight is 404 g/mol. The number of thiazole rings is 1. The van der Waals surface area contributed by atoms with Crippen molar-refractivity contribution in [1.82, 2.24) is 15.0 Å². The minimum Gasteiger partial charge on any atom is -0.370 e. The fourth-order valence-corrected chi connectivity index (χ4v) is 3.70. The lowest BCUT2D eigenvalue weighted by atomic mass is 10.2. The number of benzene rings is 2. The second-order valence-electron chi connectivity index (χ2n) is 6.36. The number of rotatable bonds is 6. The lowest BCUT2D eigenvalue weighted by Gasteiger charge is -2.10. The average Bonchev–Trinajstić information content (AvgIpc) is 3.14. The summed E-state index contributed by atoms with van der Waals surface area (Å²) in [5.41, 5.74) is 2.40. The highest BCUT2D eigenvalue weighted by molar-refractivity contribution is 7.20. The highest BCUT2D eigenvalue weighted by Gasteiger charge is 2.12. The van der Waals surface area contributed by atoms with E-state index in [1.165, 1.54) is 11.3 Å². The van der Waals surface area contributed by atoms with E-state index in [1.54, 1.807) is 0 Å². The molecule has 0 radical (unpaired) electrons. The Morgan fingerprint density at radius 3 is 2.45 bits per heavy atom. The maximum Gasteiger partial charge on any atom is 0.284 e. The number of para-hydroxylation sites is 1. The van der Waals surface area contributed by atoms with Gasteiger partial charge in [0, 0.05) is 24.0 Å². The second kappa shape index (κ2) is 8.24. The van der Waals surface area contributed by atoms with Gasteiger partial charge < -0.3 is 16.0 Å². The molecule has 0 saturated carbocycles. The molecular weight excluding hydrogens is 384 g/mol. The van der Waals surface area contributed by atoms with E-state index in [9.17, 15) is 4.79 Å². The number of fused-ring (bicyclic) bond motifs is 1. The molecule has 0 aliphatic rings. The number of carbonyl (C=O) groups excluding carboxylic acids is 1. The van der Waals surface area contributed by atoms with Crippen molar-refractivity contribution in [2.75, 3.05) is 22.5 Å². The molecule has 146 valence electrons. The maximum atomic E-state index is 12.5. The Hall–Kier alpha value is -3.52. The third-order valence-electron chi connectivity index (χ3n) is 4.10. The summed E-state index contributed by atoms with van der Waals surface area (Å²) in [6.07, 6.45) is 0. The van der Waals surface area contributed by atoms with Crippen LogP contribution in [0.5, 0.6) is 0 Å². The molecule has 0 unspecified atom stereocenters. The van der Waals surface area contributed by atoms with Crippen LogP contribution in [-0.2, 0) is 0 Å². The van der Waals surface area contributed by atoms with Gasteiger partial charge in [0.2, 0.25) is 0 Å². The summed E-state index contributed by atoms with van der Waals surface area (Å²) in [7, 11) is 0. The fraction of sp³-hybridized carbons (Fsp3) is 0.143. The van der Waals surface area contributed by atoms with Crippen LogP contribution in [0, 0.1) is 6.92 Å². The predicted octanol–water partition coefficient (Wildman–Crippen LogP) is 4.82. The summed E-state index contributed by atoms with van der Waals surface area (Å²) < 4.78 is 0.995. The van der Waals surface area contributed by atoms with Crippen LogP contribution in [0.3, 0.4) is 0 Å². The Bertz CT molecular complexity index is 1120. The number of aromatic nitrogens is 3. The molecule has 0 fully saturated rings. The molecule has 0 aliphatic carbocycles. The molecule has 0 atom stereocenters. The van der Waals surface area contributed by atoms with E-state index in [0.717, 1.165) is 28.3 Å². The van der Waals surface area contributed by atoms with Gasteiger partial charge in [-0.1, -0.05) is 12.1 Å². The minimum atomic E-state index is -0.214. The van der Waals surface area contributed by atoms with Crippen LogP contribution in [0.25, 0.3) is 10.2 Å². The van der Waals surface area contributed by atoms with Crippen molar-refractivity contribution >= 4 is 50.5 Å². The highest BCUT2D eigenvalue weighted by Crippen LogP contribution is 2.23. The van der Waals surface area contributed by atoms with E-state index >= 15 is 0 Å². The number of hydrogen-bond donors (Lipinski definition) is 3. The minimum absolute atomic E-state index is 0.214. The molecule has 4 rings (SSSR count). The van der Waals surface area contributed by atoms with Crippen LogP contribution >= 0.6 is 11.3 Å². The van der Waals surface area contributed by atoms with Crippen molar-refractivity contribution in [3.63, 3.8) is 0 Å². The standard InChI is InChI=1S/C21H20N6OS/c1-3-22-18-12-19(24-13(2)23-18)25-14-8-10-15(11-9-14)26-20(28)21-27-16-6-4-5-7-17(16)29-21/h4-12H,3H2,1-2H3,(H,26,28)(H2,22,23,24,25). The molecular formula is C21H20N6OS. The summed E-state index contributed by atoms with van der Waals surface area (Å²) in [5, 5.41) is 9.78. The summed E-state index contributed by atoms with van der Waals surface area (Å²) in [6.45, 7) is 4.66. The first-order chi connectivity index (χ1) is 14.1. The summed E-state index contributed by atoms with van der Waals surface area (Å²) in [6, 6.07) is 17.0. The van der Waals surface area contributed by atoms with Crippen molar-refractivity contribution < 1.29 is 4.79 Å². The Labute approximate surface area is 172 Å². The summed E-state index contributed by atoms with van der Waals surface area (Å²) in [5.74, 6) is 1.96. The van der Waals surface area contributed by atoms with Crippen molar-refractivity contribution in [2.24, 2.45) is 0 Å². The van der Waals surface area contributed by atoms with Crippen LogP contribution in [0.15, 0.2) is 54.6 Å². The maximum absolute atomic E-state index is 12.5. The van der Waals surface area contributed by atoms with E-state index in [1.807, 2.05) is 68.4 Å². The molecule has 2 aromatic heterocycles. The van der Waals surface area contributed by atoms with Crippen molar-refractivity contribution in [3.05, 3.63) is 65.4 Å². The fourth-order valence-electron chi connectivity index (χ4n) is 2.84. The number of amides is 1. The van der Waals surface area contributed by atoms with Crippen LogP contribution in [-0.4, -0.2) is 27.4 Å². The van der Waals surface area contributed by atoms with Gasteiger partial charge in [-0.05, 0) is 50.2 Å². The molecule has 2 aromatic carbocycles. The van der Waals surface area contributed by atoms with E-state index < -0.39 is 0 Å². The Morgan fingerprint density at radius 2 is 1.69 bits per heavy atom. The number of nitrogens with one attached hydrogen (secondary N) is 3. The molecule has 3 N–H and O–H groups in total. The van der Waals surface area contributed by atoms with Crippen LogP contribution in [0.4, 0.5) is 23.0 Å². The van der Waals surface area contributed by atoms with E-state index in [-0.39, 0.29) is 5.91 Å². The zero-order chi connectivity index (χ0) is 20.2. The number of nitrogens with zero attached hydrogens (tertiary/aromatic N) is 3. The second-order valence-corrected chi connectivity index (χ2v) is 7.39. The first-order valence-electron chi connectivity index (χ1n) is 9.24. The van der Waals surface area contributed by atoms with Crippen molar-refractivity contribution in [1.29, 1.82) is 0 Å². The zero-order valence-electron chi connectivity index (χ0n) is 16.1. The summed E-state index contributed by atoms with van der Waals surface area (Å²) in [4.78, 5) is 25.6. The van der Waals surface area contributed by atoms with Crippen LogP contribution in [0.2, 0.25) is 0 Å². The SMILES string of the molecule is CCNc1cc(Nc2ccc(NC(=O)c3nc4ccccc4s3)cc2)nc(C)n1. The number of aryl methyl sites for hydroxylation is 1. The van der Waals surface area contributed by atoms with E-state index in [0.29, 0.717) is 22.3 Å². The largest absolute Gasteiger partial charge is 0.370 e. The molecule has 2 heterocycles. The van der Waals surface area contributed by atoms with Crippen LogP contribution in [0.1, 0.15) is 22.6 Å². The van der Waals surface area contributed by atoms with Gasteiger partial charge >= 0.3 is 0 Å². The molecule has 0 aliphatic heterocycles. The number of carbonyl (C=O) groups is 1. The first-order valence-corrected chi connectivity index (χ1v) is 10.1. The Kier molecular flexibility index (Phi) is 5.35. The zero-order valence-corrected chi connectivity index (χ0v) is 16.9. The molecule has 4 aromatic rings. The summed E-state index contributed by atoms with van der Waals surface area (Å²) >= 11 is 1.38. The third kappa shape index (κ3) is 4.49. The van der Waals surface area contributed by atoms with Gasteiger partial charge in [0.05, 0.1) is 10.2 Å². The monoisotopic (exact) mass is 404 g/mol. The van der Waals surface area contributed by atoms with Crippen molar-refractivity contribution in [3.8, 4) is 0 Å². The van der Waals surface area contributed by atoms with Gasteiger partial charge in [-0.15, -0.1) is 11.3 Å². The normalized spacial score (nSPS) is 10.7. The number of hydrogen-bond acceptors (Lipinski definition) is 7. The topological polar surface area (TPSA) is 91.8 Å². The quantitative estimate of drug-likeness (QED) is 0.427. The molecule has 0 saturated heterocycles. The van der Waals surface area contributed by atoms with Crippen LogP contribution < -0.4 is 16.0 Å². The molecule has 1 amide bonds. The lowest BCUT2D eigenvalue weighted by Crippen LogP contribution is -2.11. The predicted molar refractivity (Wildman–Crippen MR) is 118 cm³/mol. The smallest absolute Gasteiger partial charge is 0.284 e. The van der Waals surface area contributed by atoms with Gasteiger partial charge in [0.1, 0.15) is 17.5 Å². The van der Waals surface area contributed by atoms with Gasteiger partial charge in [-0.2, -0.15) is 0 Å².